The number of benzene rings is 2. The van der Waals surface area contributed by atoms with Gasteiger partial charge in [0.25, 0.3) is 11.8 Å². The van der Waals surface area contributed by atoms with Gasteiger partial charge >= 0.3 is 0 Å². The predicted octanol–water partition coefficient (Wildman–Crippen LogP) is 3.62. The molecular weight excluding hydrogens is 340 g/mol. The molecule has 0 saturated carbocycles. The molecule has 3 rings (SSSR count). The number of amides is 2. The number of hydrogen-bond acceptors (Lipinski definition) is 3. The number of carbonyl (C=O) groups is 2. The Morgan fingerprint density at radius 2 is 1.93 bits per heavy atom. The van der Waals surface area contributed by atoms with E-state index in [4.69, 9.17) is 0 Å². The third kappa shape index (κ3) is 4.55. The van der Waals surface area contributed by atoms with Gasteiger partial charge in [0.1, 0.15) is 0 Å². The average Bonchev–Trinajstić information content (AvgIpc) is 3.11. The van der Waals surface area contributed by atoms with E-state index in [1.165, 1.54) is 0 Å². The Hall–Kier alpha value is -2.66. The third-order valence-electron chi connectivity index (χ3n) is 5.02. The van der Waals surface area contributed by atoms with Crippen molar-refractivity contribution in [1.29, 1.82) is 0 Å². The van der Waals surface area contributed by atoms with E-state index in [0.29, 0.717) is 29.8 Å². The quantitative estimate of drug-likeness (QED) is 0.849. The number of nitrogens with one attached hydrogen (secondary N) is 1. The lowest BCUT2D eigenvalue weighted by atomic mass is 10.1. The Morgan fingerprint density at radius 1 is 1.19 bits per heavy atom. The summed E-state index contributed by atoms with van der Waals surface area (Å²) in [7, 11) is 0. The molecule has 0 aromatic heterocycles. The number of anilines is 1. The van der Waals surface area contributed by atoms with Gasteiger partial charge in [-0.25, -0.2) is 0 Å². The van der Waals surface area contributed by atoms with Crippen LogP contribution in [0.15, 0.2) is 48.5 Å². The molecule has 2 N–H and O–H groups in total. The molecule has 1 fully saturated rings. The van der Waals surface area contributed by atoms with Crippen molar-refractivity contribution in [2.75, 3.05) is 11.9 Å². The highest BCUT2D eigenvalue weighted by Gasteiger charge is 2.30. The molecule has 1 aliphatic rings. The summed E-state index contributed by atoms with van der Waals surface area (Å²) in [4.78, 5) is 27.3. The van der Waals surface area contributed by atoms with Crippen LogP contribution in [0.1, 0.15) is 52.5 Å². The highest BCUT2D eigenvalue weighted by molar-refractivity contribution is 6.05. The lowest BCUT2D eigenvalue weighted by Crippen LogP contribution is -2.37. The molecule has 5 nitrogen and oxygen atoms in total. The normalized spacial score (nSPS) is 17.6. The maximum Gasteiger partial charge on any atom is 0.255 e. The molecule has 0 radical (unpaired) electrons. The molecule has 1 heterocycles. The third-order valence-corrected chi connectivity index (χ3v) is 5.02. The van der Waals surface area contributed by atoms with Crippen molar-refractivity contribution in [1.82, 2.24) is 4.90 Å². The zero-order valence-electron chi connectivity index (χ0n) is 15.8. The van der Waals surface area contributed by atoms with Crippen molar-refractivity contribution in [3.05, 3.63) is 65.2 Å². The topological polar surface area (TPSA) is 69.6 Å². The van der Waals surface area contributed by atoms with Crippen molar-refractivity contribution in [2.45, 2.75) is 45.3 Å². The van der Waals surface area contributed by atoms with Gasteiger partial charge in [0.2, 0.25) is 0 Å². The van der Waals surface area contributed by atoms with Gasteiger partial charge in [0.15, 0.2) is 0 Å². The summed E-state index contributed by atoms with van der Waals surface area (Å²) in [5.41, 5.74) is 2.67. The molecule has 2 aromatic rings. The molecule has 2 amide bonds. The van der Waals surface area contributed by atoms with Crippen LogP contribution in [0.5, 0.6) is 0 Å². The lowest BCUT2D eigenvalue weighted by Gasteiger charge is -2.26. The number of likely N-dealkylation sites (tertiary alicyclic amines) is 1. The summed E-state index contributed by atoms with van der Waals surface area (Å²) in [5.74, 6) is -0.246. The van der Waals surface area contributed by atoms with E-state index < -0.39 is 6.10 Å². The van der Waals surface area contributed by atoms with Gasteiger partial charge in [-0.3, -0.25) is 9.59 Å². The molecule has 0 aliphatic carbocycles. The fourth-order valence-corrected chi connectivity index (χ4v) is 3.58. The van der Waals surface area contributed by atoms with Crippen molar-refractivity contribution in [3.8, 4) is 0 Å². The Kier molecular flexibility index (Phi) is 5.91. The summed E-state index contributed by atoms with van der Waals surface area (Å²) < 4.78 is 0. The van der Waals surface area contributed by atoms with E-state index in [0.717, 1.165) is 18.4 Å². The smallest absolute Gasteiger partial charge is 0.255 e. The van der Waals surface area contributed by atoms with Crippen LogP contribution in [-0.4, -0.2) is 40.5 Å². The number of aryl methyl sites for hydroxylation is 1. The first-order valence-electron chi connectivity index (χ1n) is 9.42. The minimum absolute atomic E-state index is 0.0478. The fourth-order valence-electron chi connectivity index (χ4n) is 3.58. The molecule has 2 atom stereocenters. The second-order valence-corrected chi connectivity index (χ2v) is 7.23. The van der Waals surface area contributed by atoms with E-state index in [1.807, 2.05) is 36.1 Å². The van der Waals surface area contributed by atoms with Crippen LogP contribution < -0.4 is 5.32 Å². The summed E-state index contributed by atoms with van der Waals surface area (Å²) >= 11 is 0. The highest BCUT2D eigenvalue weighted by Crippen LogP contribution is 2.25. The number of nitrogens with zero attached hydrogens (tertiary/aromatic N) is 1. The van der Waals surface area contributed by atoms with Crippen LogP contribution in [-0.2, 0) is 0 Å². The summed E-state index contributed by atoms with van der Waals surface area (Å²) in [6, 6.07) is 14.5. The van der Waals surface area contributed by atoms with Crippen LogP contribution in [0.25, 0.3) is 0 Å². The SMILES string of the molecule is Cc1ccc(C(=O)N2CCC[C@@H]2C[C@H](C)O)cc1NC(=O)c1ccccc1. The summed E-state index contributed by atoms with van der Waals surface area (Å²) in [5, 5.41) is 12.6. The Balaban J connectivity index is 1.78. The molecule has 1 aliphatic heterocycles. The van der Waals surface area contributed by atoms with E-state index >= 15 is 0 Å². The number of aliphatic hydroxyl groups excluding tert-OH is 1. The Labute approximate surface area is 160 Å². The number of rotatable bonds is 5. The lowest BCUT2D eigenvalue weighted by molar-refractivity contribution is 0.0681. The standard InChI is InChI=1S/C22H26N2O3/c1-15-10-11-18(22(27)24-12-6-9-19(24)13-16(2)25)14-20(15)23-21(26)17-7-4-3-5-8-17/h3-5,7-8,10-11,14,16,19,25H,6,9,12-13H2,1-2H3,(H,23,26)/t16-,19+/m0/s1. The molecule has 142 valence electrons. The van der Waals surface area contributed by atoms with Crippen LogP contribution in [0, 0.1) is 6.92 Å². The monoisotopic (exact) mass is 366 g/mol. The van der Waals surface area contributed by atoms with Crippen molar-refractivity contribution < 1.29 is 14.7 Å². The van der Waals surface area contributed by atoms with Crippen molar-refractivity contribution >= 4 is 17.5 Å². The van der Waals surface area contributed by atoms with E-state index in [-0.39, 0.29) is 17.9 Å². The van der Waals surface area contributed by atoms with Gasteiger partial charge in [-0.2, -0.15) is 0 Å². The molecule has 5 heteroatoms. The van der Waals surface area contributed by atoms with E-state index in [9.17, 15) is 14.7 Å². The van der Waals surface area contributed by atoms with Crippen LogP contribution in [0.4, 0.5) is 5.69 Å². The van der Waals surface area contributed by atoms with Gasteiger partial charge in [-0.1, -0.05) is 24.3 Å². The molecule has 27 heavy (non-hydrogen) atoms. The second kappa shape index (κ2) is 8.35. The van der Waals surface area contributed by atoms with Crippen molar-refractivity contribution in [3.63, 3.8) is 0 Å². The molecule has 1 saturated heterocycles. The number of aliphatic hydroxyl groups is 1. The predicted molar refractivity (Wildman–Crippen MR) is 106 cm³/mol. The minimum atomic E-state index is -0.429. The molecular formula is C22H26N2O3. The Morgan fingerprint density at radius 3 is 2.63 bits per heavy atom. The first kappa shape index (κ1) is 19.1. The first-order chi connectivity index (χ1) is 13.0. The van der Waals surface area contributed by atoms with Gasteiger partial charge in [0, 0.05) is 29.4 Å². The zero-order valence-corrected chi connectivity index (χ0v) is 15.8. The first-order valence-corrected chi connectivity index (χ1v) is 9.42. The van der Waals surface area contributed by atoms with Gasteiger partial charge < -0.3 is 15.3 Å². The average molecular weight is 366 g/mol. The molecule has 0 bridgehead atoms. The van der Waals surface area contributed by atoms with Crippen LogP contribution in [0.3, 0.4) is 0 Å². The summed E-state index contributed by atoms with van der Waals surface area (Å²) in [6.07, 6.45) is 2.03. The van der Waals surface area contributed by atoms with E-state index in [1.54, 1.807) is 31.2 Å². The minimum Gasteiger partial charge on any atom is -0.393 e. The van der Waals surface area contributed by atoms with Crippen LogP contribution >= 0.6 is 0 Å². The second-order valence-electron chi connectivity index (χ2n) is 7.23. The molecule has 2 aromatic carbocycles. The van der Waals surface area contributed by atoms with Gasteiger partial charge in [0.05, 0.1) is 6.10 Å². The van der Waals surface area contributed by atoms with Crippen LogP contribution in [0.2, 0.25) is 0 Å². The maximum atomic E-state index is 13.0. The summed E-state index contributed by atoms with van der Waals surface area (Å²) in [6.45, 7) is 4.36. The maximum absolute atomic E-state index is 13.0. The molecule has 0 unspecified atom stereocenters. The van der Waals surface area contributed by atoms with Crippen molar-refractivity contribution in [2.24, 2.45) is 0 Å². The molecule has 0 spiro atoms. The zero-order chi connectivity index (χ0) is 19.4. The van der Waals surface area contributed by atoms with Gasteiger partial charge in [-0.15, -0.1) is 0 Å². The van der Waals surface area contributed by atoms with Gasteiger partial charge in [-0.05, 0) is 62.9 Å². The number of carbonyl (C=O) groups excluding carboxylic acids is 2. The highest BCUT2D eigenvalue weighted by atomic mass is 16.3. The Bertz CT molecular complexity index is 818. The largest absolute Gasteiger partial charge is 0.393 e. The van der Waals surface area contributed by atoms with E-state index in [2.05, 4.69) is 5.32 Å². The fraction of sp³-hybridized carbons (Fsp3) is 0.364. The number of hydrogen-bond donors (Lipinski definition) is 2.